The van der Waals surface area contributed by atoms with Crippen molar-refractivity contribution in [3.63, 3.8) is 0 Å². The van der Waals surface area contributed by atoms with Gasteiger partial charge in [-0.15, -0.1) is 0 Å². The van der Waals surface area contributed by atoms with Crippen LogP contribution in [0.25, 0.3) is 22.0 Å². The average molecular weight is 394 g/mol. The molecule has 29 heavy (non-hydrogen) atoms. The molecule has 4 aromatic rings. The molecule has 1 aliphatic heterocycles. The Morgan fingerprint density at radius 3 is 2.79 bits per heavy atom. The highest BCUT2D eigenvalue weighted by atomic mass is 19.1. The lowest BCUT2D eigenvalue weighted by Gasteiger charge is -2.36. The SMILES string of the molecule is O=c1[nH]c2cccc(N3CCN(CCCc4c[nH]c5ccc(F)cc45)CC3)c2o1. The average Bonchev–Trinajstić information content (AvgIpc) is 3.30. The lowest BCUT2D eigenvalue weighted by atomic mass is 10.1. The van der Waals surface area contributed by atoms with Crippen LogP contribution in [0.2, 0.25) is 0 Å². The lowest BCUT2D eigenvalue weighted by molar-refractivity contribution is 0.255. The number of H-pyrrole nitrogens is 2. The second-order valence-electron chi connectivity index (χ2n) is 7.60. The van der Waals surface area contributed by atoms with E-state index in [0.29, 0.717) is 5.58 Å². The van der Waals surface area contributed by atoms with Crippen molar-refractivity contribution < 1.29 is 8.81 Å². The van der Waals surface area contributed by atoms with Gasteiger partial charge in [-0.05, 0) is 55.3 Å². The first-order chi connectivity index (χ1) is 14.2. The maximum Gasteiger partial charge on any atom is 0.417 e. The zero-order chi connectivity index (χ0) is 19.8. The fourth-order valence-electron chi connectivity index (χ4n) is 4.27. The maximum atomic E-state index is 13.5. The molecule has 0 aliphatic carbocycles. The summed E-state index contributed by atoms with van der Waals surface area (Å²) in [6.45, 7) is 4.74. The van der Waals surface area contributed by atoms with Crippen molar-refractivity contribution in [3.8, 4) is 0 Å². The molecule has 2 aromatic carbocycles. The molecule has 0 radical (unpaired) electrons. The van der Waals surface area contributed by atoms with Crippen LogP contribution in [0, 0.1) is 5.82 Å². The summed E-state index contributed by atoms with van der Waals surface area (Å²) in [4.78, 5) is 22.2. The van der Waals surface area contributed by atoms with Crippen molar-refractivity contribution >= 4 is 27.7 Å². The third kappa shape index (κ3) is 3.53. The summed E-state index contributed by atoms with van der Waals surface area (Å²) >= 11 is 0. The fourth-order valence-corrected chi connectivity index (χ4v) is 4.27. The van der Waals surface area contributed by atoms with E-state index in [1.54, 1.807) is 12.1 Å². The van der Waals surface area contributed by atoms with Crippen molar-refractivity contribution in [2.24, 2.45) is 0 Å². The number of halogens is 1. The van der Waals surface area contributed by atoms with Gasteiger partial charge >= 0.3 is 5.76 Å². The van der Waals surface area contributed by atoms with Gasteiger partial charge in [0, 0.05) is 43.3 Å². The zero-order valence-electron chi connectivity index (χ0n) is 16.1. The monoisotopic (exact) mass is 394 g/mol. The fraction of sp³-hybridized carbons (Fsp3) is 0.318. The molecule has 1 aliphatic rings. The van der Waals surface area contributed by atoms with Crippen LogP contribution in [0.1, 0.15) is 12.0 Å². The van der Waals surface area contributed by atoms with Crippen LogP contribution in [0.15, 0.2) is 51.8 Å². The largest absolute Gasteiger partial charge is 0.417 e. The molecular formula is C22H23FN4O2. The molecule has 6 nitrogen and oxygen atoms in total. The topological polar surface area (TPSA) is 68.3 Å². The zero-order valence-corrected chi connectivity index (χ0v) is 16.1. The van der Waals surface area contributed by atoms with Crippen LogP contribution in [0.3, 0.4) is 0 Å². The minimum atomic E-state index is -0.414. The van der Waals surface area contributed by atoms with E-state index in [2.05, 4.69) is 19.8 Å². The van der Waals surface area contributed by atoms with E-state index in [0.717, 1.165) is 67.7 Å². The lowest BCUT2D eigenvalue weighted by Crippen LogP contribution is -2.46. The van der Waals surface area contributed by atoms with Gasteiger partial charge in [0.25, 0.3) is 0 Å². The van der Waals surface area contributed by atoms with Crippen LogP contribution in [0.5, 0.6) is 0 Å². The second-order valence-corrected chi connectivity index (χ2v) is 7.60. The van der Waals surface area contributed by atoms with E-state index in [4.69, 9.17) is 4.42 Å². The second kappa shape index (κ2) is 7.40. The molecule has 0 amide bonds. The Morgan fingerprint density at radius 1 is 1.07 bits per heavy atom. The Labute approximate surface area is 166 Å². The number of rotatable bonds is 5. The number of para-hydroxylation sites is 1. The number of aromatic amines is 2. The molecule has 1 fully saturated rings. The Bertz CT molecular complexity index is 1200. The Hall–Kier alpha value is -3.06. The van der Waals surface area contributed by atoms with E-state index < -0.39 is 5.76 Å². The Kier molecular flexibility index (Phi) is 4.60. The van der Waals surface area contributed by atoms with Crippen molar-refractivity contribution in [3.05, 3.63) is 64.5 Å². The number of anilines is 1. The number of hydrogen-bond acceptors (Lipinski definition) is 4. The van der Waals surface area contributed by atoms with Crippen molar-refractivity contribution in [1.82, 2.24) is 14.9 Å². The summed E-state index contributed by atoms with van der Waals surface area (Å²) < 4.78 is 18.9. The van der Waals surface area contributed by atoms with Gasteiger partial charge in [-0.2, -0.15) is 0 Å². The molecule has 0 saturated carbocycles. The summed E-state index contributed by atoms with van der Waals surface area (Å²) in [6.07, 6.45) is 3.95. The van der Waals surface area contributed by atoms with Crippen LogP contribution >= 0.6 is 0 Å². The van der Waals surface area contributed by atoms with Gasteiger partial charge in [0.1, 0.15) is 5.82 Å². The number of aryl methyl sites for hydroxylation is 1. The van der Waals surface area contributed by atoms with Crippen LogP contribution in [0.4, 0.5) is 10.1 Å². The maximum absolute atomic E-state index is 13.5. The van der Waals surface area contributed by atoms with Crippen molar-refractivity contribution in [2.45, 2.75) is 12.8 Å². The number of nitrogens with zero attached hydrogens (tertiary/aromatic N) is 2. The van der Waals surface area contributed by atoms with E-state index in [1.807, 2.05) is 24.4 Å². The van der Waals surface area contributed by atoms with Crippen LogP contribution < -0.4 is 10.7 Å². The highest BCUT2D eigenvalue weighted by Gasteiger charge is 2.20. The molecule has 0 atom stereocenters. The van der Waals surface area contributed by atoms with Crippen LogP contribution in [-0.4, -0.2) is 47.6 Å². The van der Waals surface area contributed by atoms with E-state index in [-0.39, 0.29) is 5.82 Å². The quantitative estimate of drug-likeness (QED) is 0.544. The van der Waals surface area contributed by atoms with Gasteiger partial charge in [-0.3, -0.25) is 9.88 Å². The molecule has 7 heteroatoms. The molecule has 0 spiro atoms. The molecule has 2 aromatic heterocycles. The van der Waals surface area contributed by atoms with Crippen LogP contribution in [-0.2, 0) is 6.42 Å². The molecule has 1 saturated heterocycles. The first-order valence-corrected chi connectivity index (χ1v) is 10.0. The number of fused-ring (bicyclic) bond motifs is 2. The van der Waals surface area contributed by atoms with E-state index in [9.17, 15) is 9.18 Å². The summed E-state index contributed by atoms with van der Waals surface area (Å²) in [5.74, 6) is -0.606. The minimum Gasteiger partial charge on any atom is -0.406 e. The normalized spacial score (nSPS) is 15.6. The summed E-state index contributed by atoms with van der Waals surface area (Å²) in [6, 6.07) is 10.7. The number of piperazine rings is 1. The first kappa shape index (κ1) is 18.0. The number of aromatic nitrogens is 2. The van der Waals surface area contributed by atoms with Gasteiger partial charge in [-0.25, -0.2) is 9.18 Å². The molecule has 150 valence electrons. The first-order valence-electron chi connectivity index (χ1n) is 10.0. The highest BCUT2D eigenvalue weighted by molar-refractivity contribution is 5.86. The predicted molar refractivity (Wildman–Crippen MR) is 112 cm³/mol. The summed E-state index contributed by atoms with van der Waals surface area (Å²) in [5, 5.41) is 0.982. The Balaban J connectivity index is 1.18. The van der Waals surface area contributed by atoms with Gasteiger partial charge in [0.15, 0.2) is 5.58 Å². The molecule has 0 bridgehead atoms. The molecule has 5 rings (SSSR count). The number of oxazole rings is 1. The van der Waals surface area contributed by atoms with Gasteiger partial charge in [0.2, 0.25) is 0 Å². The van der Waals surface area contributed by atoms with Crippen molar-refractivity contribution in [1.29, 1.82) is 0 Å². The number of benzene rings is 2. The van der Waals surface area contributed by atoms with Gasteiger partial charge < -0.3 is 14.3 Å². The Morgan fingerprint density at radius 2 is 1.93 bits per heavy atom. The number of nitrogens with one attached hydrogen (secondary N) is 2. The van der Waals surface area contributed by atoms with Crippen molar-refractivity contribution in [2.75, 3.05) is 37.6 Å². The van der Waals surface area contributed by atoms with Gasteiger partial charge in [-0.1, -0.05) is 6.07 Å². The third-order valence-electron chi connectivity index (χ3n) is 5.79. The molecule has 2 N–H and O–H groups in total. The summed E-state index contributed by atoms with van der Waals surface area (Å²) in [5.41, 5.74) is 4.51. The third-order valence-corrected chi connectivity index (χ3v) is 5.79. The highest BCUT2D eigenvalue weighted by Crippen LogP contribution is 2.26. The predicted octanol–water partition coefficient (Wildman–Crippen LogP) is 3.50. The van der Waals surface area contributed by atoms with E-state index in [1.165, 1.54) is 11.6 Å². The minimum absolute atomic E-state index is 0.192. The standard InChI is InChI=1S/C22H23FN4O2/c23-16-6-7-18-17(13-16)15(14-24-18)3-2-8-26-9-11-27(12-10-26)20-5-1-4-19-21(20)29-22(28)25-19/h1,4-7,13-14,24H,2-3,8-12H2,(H,25,28). The smallest absolute Gasteiger partial charge is 0.406 e. The summed E-state index contributed by atoms with van der Waals surface area (Å²) in [7, 11) is 0. The number of hydrogen-bond donors (Lipinski definition) is 2. The molecule has 3 heterocycles. The van der Waals surface area contributed by atoms with E-state index >= 15 is 0 Å². The van der Waals surface area contributed by atoms with Gasteiger partial charge in [0.05, 0.1) is 11.2 Å². The molecular weight excluding hydrogens is 371 g/mol. The molecule has 0 unspecified atom stereocenters.